The summed E-state index contributed by atoms with van der Waals surface area (Å²) in [6, 6.07) is 8.41. The first kappa shape index (κ1) is 16.3. The van der Waals surface area contributed by atoms with Crippen molar-refractivity contribution in [2.75, 3.05) is 60.5 Å². The highest BCUT2D eigenvalue weighted by molar-refractivity contribution is 5.28. The number of nitrogens with zero attached hydrogens (tertiary/aromatic N) is 3. The summed E-state index contributed by atoms with van der Waals surface area (Å²) in [7, 11) is 6.02. The second kappa shape index (κ2) is 8.37. The van der Waals surface area contributed by atoms with Crippen LogP contribution in [0, 0.1) is 0 Å². The first-order valence-corrected chi connectivity index (χ1v) is 7.90. The Balaban J connectivity index is 1.71. The largest absolute Gasteiger partial charge is 0.497 e. The van der Waals surface area contributed by atoms with Gasteiger partial charge in [-0.1, -0.05) is 12.1 Å². The van der Waals surface area contributed by atoms with Crippen LogP contribution in [-0.4, -0.2) is 75.2 Å². The van der Waals surface area contributed by atoms with Gasteiger partial charge in [0, 0.05) is 32.7 Å². The van der Waals surface area contributed by atoms with E-state index in [1.807, 2.05) is 6.07 Å². The Labute approximate surface area is 129 Å². The minimum Gasteiger partial charge on any atom is -0.497 e. The van der Waals surface area contributed by atoms with Crippen molar-refractivity contribution in [3.05, 3.63) is 29.8 Å². The molecule has 0 bridgehead atoms. The van der Waals surface area contributed by atoms with E-state index >= 15 is 0 Å². The predicted octanol–water partition coefficient (Wildman–Crippen LogP) is 1.76. The molecule has 0 N–H and O–H groups in total. The molecule has 0 amide bonds. The molecule has 1 aromatic carbocycles. The molecule has 2 rings (SSSR count). The average molecular weight is 291 g/mol. The first-order chi connectivity index (χ1) is 10.2. The fraction of sp³-hybridized carbons (Fsp3) is 0.647. The molecule has 4 nitrogen and oxygen atoms in total. The number of hydrogen-bond acceptors (Lipinski definition) is 4. The van der Waals surface area contributed by atoms with Crippen molar-refractivity contribution in [3.8, 4) is 5.75 Å². The number of ether oxygens (including phenoxy) is 1. The van der Waals surface area contributed by atoms with Crippen LogP contribution in [0.25, 0.3) is 0 Å². The third-order valence-corrected chi connectivity index (χ3v) is 4.08. The highest BCUT2D eigenvalue weighted by atomic mass is 16.5. The number of hydrogen-bond donors (Lipinski definition) is 0. The number of methoxy groups -OCH3 is 1. The van der Waals surface area contributed by atoms with Crippen molar-refractivity contribution in [1.82, 2.24) is 14.7 Å². The average Bonchev–Trinajstić information content (AvgIpc) is 2.49. The van der Waals surface area contributed by atoms with Gasteiger partial charge in [0.05, 0.1) is 7.11 Å². The van der Waals surface area contributed by atoms with Gasteiger partial charge in [0.1, 0.15) is 5.75 Å². The molecule has 0 spiro atoms. The monoisotopic (exact) mass is 291 g/mol. The zero-order valence-electron chi connectivity index (χ0n) is 13.7. The van der Waals surface area contributed by atoms with Gasteiger partial charge in [-0.05, 0) is 51.3 Å². The summed E-state index contributed by atoms with van der Waals surface area (Å²) in [5, 5.41) is 0. The Morgan fingerprint density at radius 3 is 2.48 bits per heavy atom. The van der Waals surface area contributed by atoms with Gasteiger partial charge < -0.3 is 14.5 Å². The van der Waals surface area contributed by atoms with Crippen molar-refractivity contribution in [1.29, 1.82) is 0 Å². The predicted molar refractivity (Wildman–Crippen MR) is 87.9 cm³/mol. The highest BCUT2D eigenvalue weighted by Crippen LogP contribution is 2.15. The van der Waals surface area contributed by atoms with Crippen molar-refractivity contribution in [2.45, 2.75) is 13.0 Å². The summed E-state index contributed by atoms with van der Waals surface area (Å²) < 4.78 is 5.29. The normalized spacial score (nSPS) is 17.3. The molecular weight excluding hydrogens is 262 g/mol. The summed E-state index contributed by atoms with van der Waals surface area (Å²) >= 11 is 0. The van der Waals surface area contributed by atoms with E-state index in [0.717, 1.165) is 12.3 Å². The second-order valence-corrected chi connectivity index (χ2v) is 6.13. The quantitative estimate of drug-likeness (QED) is 0.762. The molecule has 1 saturated heterocycles. The van der Waals surface area contributed by atoms with Gasteiger partial charge in [-0.15, -0.1) is 0 Å². The number of rotatable bonds is 7. The lowest BCUT2D eigenvalue weighted by atomic mass is 10.2. The Morgan fingerprint density at radius 1 is 1.10 bits per heavy atom. The van der Waals surface area contributed by atoms with Crippen molar-refractivity contribution in [2.24, 2.45) is 0 Å². The van der Waals surface area contributed by atoms with E-state index in [1.165, 1.54) is 51.3 Å². The molecule has 0 saturated carbocycles. The molecule has 1 aromatic rings. The molecule has 1 fully saturated rings. The molecule has 0 unspecified atom stereocenters. The van der Waals surface area contributed by atoms with Gasteiger partial charge in [-0.2, -0.15) is 0 Å². The fourth-order valence-corrected chi connectivity index (χ4v) is 2.81. The van der Waals surface area contributed by atoms with Gasteiger partial charge in [-0.25, -0.2) is 0 Å². The van der Waals surface area contributed by atoms with Gasteiger partial charge in [0.25, 0.3) is 0 Å². The van der Waals surface area contributed by atoms with E-state index in [4.69, 9.17) is 4.74 Å². The molecule has 1 aliphatic rings. The minimum atomic E-state index is 0.954. The van der Waals surface area contributed by atoms with E-state index < -0.39 is 0 Å². The molecule has 0 atom stereocenters. The molecule has 0 aliphatic carbocycles. The number of benzene rings is 1. The molecule has 0 radical (unpaired) electrons. The van der Waals surface area contributed by atoms with Crippen LogP contribution in [0.5, 0.6) is 5.75 Å². The van der Waals surface area contributed by atoms with Gasteiger partial charge in [0.2, 0.25) is 0 Å². The zero-order chi connectivity index (χ0) is 15.1. The lowest BCUT2D eigenvalue weighted by Crippen LogP contribution is -2.46. The molecular formula is C17H29N3O. The lowest BCUT2D eigenvalue weighted by Gasteiger charge is -2.35. The lowest BCUT2D eigenvalue weighted by molar-refractivity contribution is 0.124. The van der Waals surface area contributed by atoms with Crippen LogP contribution in [0.3, 0.4) is 0 Å². The summed E-state index contributed by atoms with van der Waals surface area (Å²) in [4.78, 5) is 7.39. The van der Waals surface area contributed by atoms with Crippen LogP contribution < -0.4 is 4.74 Å². The molecule has 1 aliphatic heterocycles. The Hall–Kier alpha value is -1.10. The van der Waals surface area contributed by atoms with Gasteiger partial charge in [0.15, 0.2) is 0 Å². The van der Waals surface area contributed by atoms with Crippen LogP contribution >= 0.6 is 0 Å². The Bertz CT molecular complexity index is 414. The van der Waals surface area contributed by atoms with E-state index in [2.05, 4.69) is 47.0 Å². The summed E-state index contributed by atoms with van der Waals surface area (Å²) in [5.41, 5.74) is 1.34. The third kappa shape index (κ3) is 5.65. The molecule has 21 heavy (non-hydrogen) atoms. The maximum atomic E-state index is 5.29. The van der Waals surface area contributed by atoms with E-state index in [9.17, 15) is 0 Å². The smallest absolute Gasteiger partial charge is 0.119 e. The number of piperazine rings is 1. The van der Waals surface area contributed by atoms with Crippen LogP contribution in [0.1, 0.15) is 12.0 Å². The van der Waals surface area contributed by atoms with E-state index in [-0.39, 0.29) is 0 Å². The minimum absolute atomic E-state index is 0.954. The van der Waals surface area contributed by atoms with Crippen LogP contribution in [0.15, 0.2) is 24.3 Å². The van der Waals surface area contributed by atoms with Crippen molar-refractivity contribution >= 4 is 0 Å². The first-order valence-electron chi connectivity index (χ1n) is 7.90. The van der Waals surface area contributed by atoms with E-state index in [1.54, 1.807) is 7.11 Å². The molecule has 4 heteroatoms. The summed E-state index contributed by atoms with van der Waals surface area (Å²) in [6.07, 6.45) is 1.27. The van der Waals surface area contributed by atoms with Crippen molar-refractivity contribution < 1.29 is 4.74 Å². The maximum absolute atomic E-state index is 5.29. The van der Waals surface area contributed by atoms with Gasteiger partial charge >= 0.3 is 0 Å². The summed E-state index contributed by atoms with van der Waals surface area (Å²) in [5.74, 6) is 0.954. The highest BCUT2D eigenvalue weighted by Gasteiger charge is 2.16. The Morgan fingerprint density at radius 2 is 1.81 bits per heavy atom. The second-order valence-electron chi connectivity index (χ2n) is 6.13. The molecule has 1 heterocycles. The maximum Gasteiger partial charge on any atom is 0.119 e. The molecule has 0 aromatic heterocycles. The van der Waals surface area contributed by atoms with Crippen molar-refractivity contribution in [3.63, 3.8) is 0 Å². The Kier molecular flexibility index (Phi) is 6.49. The topological polar surface area (TPSA) is 19.0 Å². The standard InChI is InChI=1S/C17H29N3O/c1-18(2)8-5-9-19-10-12-20(13-11-19)15-16-6-4-7-17(14-16)21-3/h4,6-7,14H,5,8-13,15H2,1-3H3. The molecule has 118 valence electrons. The summed E-state index contributed by atoms with van der Waals surface area (Å²) in [6.45, 7) is 8.16. The van der Waals surface area contributed by atoms with Crippen LogP contribution in [0.2, 0.25) is 0 Å². The van der Waals surface area contributed by atoms with Crippen LogP contribution in [-0.2, 0) is 6.54 Å². The SMILES string of the molecule is COc1cccc(CN2CCN(CCCN(C)C)CC2)c1. The van der Waals surface area contributed by atoms with Gasteiger partial charge in [-0.3, -0.25) is 4.90 Å². The van der Waals surface area contributed by atoms with Crippen LogP contribution in [0.4, 0.5) is 0 Å². The zero-order valence-corrected chi connectivity index (χ0v) is 13.7. The third-order valence-electron chi connectivity index (χ3n) is 4.08. The van der Waals surface area contributed by atoms with E-state index in [0.29, 0.717) is 0 Å². The fourth-order valence-electron chi connectivity index (χ4n) is 2.81.